The zero-order chi connectivity index (χ0) is 15.9. The molecule has 0 unspecified atom stereocenters. The van der Waals surface area contributed by atoms with Crippen LogP contribution >= 0.6 is 11.6 Å². The molecule has 1 saturated heterocycles. The highest BCUT2D eigenvalue weighted by atomic mass is 35.5. The van der Waals surface area contributed by atoms with Crippen molar-refractivity contribution in [1.82, 2.24) is 14.9 Å². The summed E-state index contributed by atoms with van der Waals surface area (Å²) in [6.45, 7) is 5.81. The van der Waals surface area contributed by atoms with Crippen LogP contribution in [-0.2, 0) is 4.79 Å². The molecule has 0 radical (unpaired) electrons. The minimum Gasteiger partial charge on any atom is -0.342 e. The number of carbonyl (C=O) groups is 1. The average Bonchev–Trinajstić information content (AvgIpc) is 2.34. The average molecular weight is 314 g/mol. The second kappa shape index (κ2) is 5.10. The van der Waals surface area contributed by atoms with Gasteiger partial charge in [-0.3, -0.25) is 14.9 Å². The van der Waals surface area contributed by atoms with E-state index in [0.717, 1.165) is 0 Å². The van der Waals surface area contributed by atoms with Crippen LogP contribution in [0.3, 0.4) is 0 Å². The SMILES string of the molecule is Cc1nc(Cl)nc(N2CCN(C)C(=O)C2(C)C)c1[N+](=O)[O-]. The largest absolute Gasteiger partial charge is 0.342 e. The third-order valence-corrected chi connectivity index (χ3v) is 3.82. The second-order valence-corrected chi connectivity index (χ2v) is 5.78. The Bertz CT molecular complexity index is 619. The zero-order valence-electron chi connectivity index (χ0n) is 12.3. The molecular weight excluding hydrogens is 298 g/mol. The van der Waals surface area contributed by atoms with Gasteiger partial charge in [0, 0.05) is 20.1 Å². The minimum atomic E-state index is -0.943. The molecule has 0 aliphatic carbocycles. The maximum absolute atomic E-state index is 12.3. The van der Waals surface area contributed by atoms with Gasteiger partial charge in [-0.2, -0.15) is 4.98 Å². The maximum Gasteiger partial charge on any atom is 0.332 e. The van der Waals surface area contributed by atoms with Crippen LogP contribution in [0.15, 0.2) is 0 Å². The van der Waals surface area contributed by atoms with Crippen molar-refractivity contribution in [1.29, 1.82) is 0 Å². The summed E-state index contributed by atoms with van der Waals surface area (Å²) in [4.78, 5) is 34.1. The molecule has 1 amide bonds. The van der Waals surface area contributed by atoms with E-state index in [1.807, 2.05) is 0 Å². The smallest absolute Gasteiger partial charge is 0.332 e. The number of carbonyl (C=O) groups excluding carboxylic acids is 1. The topological polar surface area (TPSA) is 92.5 Å². The van der Waals surface area contributed by atoms with E-state index >= 15 is 0 Å². The Morgan fingerprint density at radius 3 is 2.52 bits per heavy atom. The predicted molar refractivity (Wildman–Crippen MR) is 77.5 cm³/mol. The van der Waals surface area contributed by atoms with Gasteiger partial charge in [-0.05, 0) is 32.4 Å². The highest BCUT2D eigenvalue weighted by Gasteiger charge is 2.44. The van der Waals surface area contributed by atoms with Crippen molar-refractivity contribution in [3.8, 4) is 0 Å². The van der Waals surface area contributed by atoms with Gasteiger partial charge >= 0.3 is 5.69 Å². The fourth-order valence-corrected chi connectivity index (χ4v) is 2.71. The van der Waals surface area contributed by atoms with E-state index in [4.69, 9.17) is 11.6 Å². The van der Waals surface area contributed by atoms with Gasteiger partial charge in [0.2, 0.25) is 17.0 Å². The monoisotopic (exact) mass is 313 g/mol. The van der Waals surface area contributed by atoms with E-state index in [9.17, 15) is 14.9 Å². The third kappa shape index (κ3) is 2.51. The van der Waals surface area contributed by atoms with Gasteiger partial charge in [0.25, 0.3) is 0 Å². The standard InChI is InChI=1S/C12H16ClN5O3/c1-7-8(18(20)21)9(15-11(13)14-7)17-6-5-16(4)10(19)12(17,2)3/h5-6H2,1-4H3. The molecule has 9 heteroatoms. The summed E-state index contributed by atoms with van der Waals surface area (Å²) in [6, 6.07) is 0. The van der Waals surface area contributed by atoms with Gasteiger partial charge < -0.3 is 9.80 Å². The number of nitro groups is 1. The molecule has 0 spiro atoms. The lowest BCUT2D eigenvalue weighted by molar-refractivity contribution is -0.385. The number of aryl methyl sites for hydroxylation is 1. The van der Waals surface area contributed by atoms with Crippen molar-refractivity contribution >= 4 is 29.0 Å². The first kappa shape index (κ1) is 15.4. The normalized spacial score (nSPS) is 18.0. The van der Waals surface area contributed by atoms with E-state index in [1.54, 1.807) is 30.7 Å². The summed E-state index contributed by atoms with van der Waals surface area (Å²) in [7, 11) is 1.70. The number of likely N-dealkylation sites (N-methyl/N-ethyl adjacent to an activating group) is 1. The van der Waals surface area contributed by atoms with E-state index in [1.165, 1.54) is 6.92 Å². The molecule has 1 aromatic rings. The van der Waals surface area contributed by atoms with Crippen LogP contribution in [-0.4, -0.2) is 51.4 Å². The molecule has 0 atom stereocenters. The fourth-order valence-electron chi connectivity index (χ4n) is 2.50. The van der Waals surface area contributed by atoms with E-state index in [0.29, 0.717) is 13.1 Å². The summed E-state index contributed by atoms with van der Waals surface area (Å²) in [5, 5.41) is 11.2. The Kier molecular flexibility index (Phi) is 3.75. The van der Waals surface area contributed by atoms with Gasteiger partial charge in [-0.25, -0.2) is 4.98 Å². The van der Waals surface area contributed by atoms with E-state index in [2.05, 4.69) is 9.97 Å². The molecular formula is C12H16ClN5O3. The van der Waals surface area contributed by atoms with Gasteiger partial charge in [0.15, 0.2) is 0 Å². The van der Waals surface area contributed by atoms with Crippen molar-refractivity contribution < 1.29 is 9.72 Å². The van der Waals surface area contributed by atoms with E-state index < -0.39 is 10.5 Å². The lowest BCUT2D eigenvalue weighted by Crippen LogP contribution is -2.62. The minimum absolute atomic E-state index is 0.0738. The fraction of sp³-hybridized carbons (Fsp3) is 0.583. The Morgan fingerprint density at radius 1 is 1.33 bits per heavy atom. The van der Waals surface area contributed by atoms with Crippen LogP contribution in [0, 0.1) is 17.0 Å². The van der Waals surface area contributed by atoms with Gasteiger partial charge in [0.1, 0.15) is 11.2 Å². The van der Waals surface area contributed by atoms with Crippen LogP contribution in [0.25, 0.3) is 0 Å². The Balaban J connectivity index is 2.61. The number of anilines is 1. The number of hydrogen-bond acceptors (Lipinski definition) is 6. The summed E-state index contributed by atoms with van der Waals surface area (Å²) in [5.74, 6) is -0.0422. The first-order chi connectivity index (χ1) is 9.66. The molecule has 0 saturated carbocycles. The number of nitrogens with zero attached hydrogens (tertiary/aromatic N) is 5. The molecule has 21 heavy (non-hydrogen) atoms. The molecule has 114 valence electrons. The summed E-state index contributed by atoms with van der Waals surface area (Å²) >= 11 is 5.84. The van der Waals surface area contributed by atoms with Crippen molar-refractivity contribution in [3.63, 3.8) is 0 Å². The quantitative estimate of drug-likeness (QED) is 0.465. The van der Waals surface area contributed by atoms with Crippen molar-refractivity contribution in [2.45, 2.75) is 26.3 Å². The third-order valence-electron chi connectivity index (χ3n) is 3.65. The van der Waals surface area contributed by atoms with Gasteiger partial charge in [-0.15, -0.1) is 0 Å². The number of amides is 1. The van der Waals surface area contributed by atoms with E-state index in [-0.39, 0.29) is 28.4 Å². The molecule has 1 aliphatic heterocycles. The van der Waals surface area contributed by atoms with Crippen LogP contribution in [0.4, 0.5) is 11.5 Å². The summed E-state index contributed by atoms with van der Waals surface area (Å²) < 4.78 is 0. The van der Waals surface area contributed by atoms with Gasteiger partial charge in [-0.1, -0.05) is 0 Å². The molecule has 0 N–H and O–H groups in total. The van der Waals surface area contributed by atoms with Crippen LogP contribution in [0.5, 0.6) is 0 Å². The second-order valence-electron chi connectivity index (χ2n) is 5.44. The molecule has 1 fully saturated rings. The molecule has 8 nitrogen and oxygen atoms in total. The number of aromatic nitrogens is 2. The molecule has 1 aliphatic rings. The molecule has 2 heterocycles. The number of hydrogen-bond donors (Lipinski definition) is 0. The molecule has 0 aromatic carbocycles. The molecule has 1 aromatic heterocycles. The number of piperazine rings is 1. The Morgan fingerprint density at radius 2 is 1.95 bits per heavy atom. The highest BCUT2D eigenvalue weighted by Crippen LogP contribution is 2.35. The summed E-state index contributed by atoms with van der Waals surface area (Å²) in [5.41, 5.74) is -0.982. The molecule has 2 rings (SSSR count). The zero-order valence-corrected chi connectivity index (χ0v) is 13.0. The Hall–Kier alpha value is -1.96. The molecule has 0 bridgehead atoms. The van der Waals surface area contributed by atoms with Crippen molar-refractivity contribution in [2.75, 3.05) is 25.0 Å². The first-order valence-corrected chi connectivity index (χ1v) is 6.75. The van der Waals surface area contributed by atoms with Crippen molar-refractivity contribution in [3.05, 3.63) is 21.1 Å². The van der Waals surface area contributed by atoms with Crippen LogP contribution in [0.1, 0.15) is 19.5 Å². The lowest BCUT2D eigenvalue weighted by atomic mass is 9.97. The lowest BCUT2D eigenvalue weighted by Gasteiger charge is -2.45. The Labute approximate surface area is 126 Å². The number of halogens is 1. The highest BCUT2D eigenvalue weighted by molar-refractivity contribution is 6.28. The summed E-state index contributed by atoms with van der Waals surface area (Å²) in [6.07, 6.45) is 0. The van der Waals surface area contributed by atoms with Crippen LogP contribution in [0.2, 0.25) is 5.28 Å². The first-order valence-electron chi connectivity index (χ1n) is 6.38. The van der Waals surface area contributed by atoms with Crippen molar-refractivity contribution in [2.24, 2.45) is 0 Å². The van der Waals surface area contributed by atoms with Gasteiger partial charge in [0.05, 0.1) is 4.92 Å². The van der Waals surface area contributed by atoms with Crippen LogP contribution < -0.4 is 4.90 Å². The predicted octanol–water partition coefficient (Wildman–Crippen LogP) is 1.40. The maximum atomic E-state index is 12.3. The number of rotatable bonds is 2.